The highest BCUT2D eigenvalue weighted by molar-refractivity contribution is 5.78. The van der Waals surface area contributed by atoms with Gasteiger partial charge in [0.05, 0.1) is 5.60 Å². The molecule has 1 saturated carbocycles. The van der Waals surface area contributed by atoms with Gasteiger partial charge >= 0.3 is 5.97 Å². The Labute approximate surface area is 116 Å². The SMILES string of the molecule is CCC(C)(C)OCCCC(CC)(NC1CC1)C(=O)O. The van der Waals surface area contributed by atoms with Crippen LogP contribution in [0.5, 0.6) is 0 Å². The van der Waals surface area contributed by atoms with Gasteiger partial charge in [-0.2, -0.15) is 0 Å². The Balaban J connectivity index is 2.42. The summed E-state index contributed by atoms with van der Waals surface area (Å²) in [5.41, 5.74) is -0.872. The standard InChI is InChI=1S/C15H29NO3/c1-5-14(3,4)19-11-7-10-15(6-2,13(17)18)16-12-8-9-12/h12,16H,5-11H2,1-4H3,(H,17,18). The normalized spacial score (nSPS) is 19.2. The lowest BCUT2D eigenvalue weighted by molar-refractivity contribution is -0.145. The van der Waals surface area contributed by atoms with Gasteiger partial charge < -0.3 is 9.84 Å². The van der Waals surface area contributed by atoms with Crippen molar-refractivity contribution in [2.45, 2.75) is 83.4 Å². The molecule has 0 amide bonds. The Bertz CT molecular complexity index is 300. The Morgan fingerprint density at radius 2 is 1.95 bits per heavy atom. The number of nitrogens with one attached hydrogen (secondary N) is 1. The van der Waals surface area contributed by atoms with Crippen molar-refractivity contribution in [3.8, 4) is 0 Å². The molecular formula is C15H29NO3. The highest BCUT2D eigenvalue weighted by Gasteiger charge is 2.40. The van der Waals surface area contributed by atoms with Gasteiger partial charge in [-0.1, -0.05) is 13.8 Å². The summed E-state index contributed by atoms with van der Waals surface area (Å²) >= 11 is 0. The molecule has 1 atom stereocenters. The Morgan fingerprint density at radius 3 is 2.37 bits per heavy atom. The van der Waals surface area contributed by atoms with E-state index in [1.54, 1.807) is 0 Å². The topological polar surface area (TPSA) is 58.6 Å². The number of rotatable bonds is 10. The third-order valence-electron chi connectivity index (χ3n) is 4.16. The minimum Gasteiger partial charge on any atom is -0.480 e. The number of carboxylic acid groups (broad SMARTS) is 1. The van der Waals surface area contributed by atoms with Gasteiger partial charge in [-0.15, -0.1) is 0 Å². The summed E-state index contributed by atoms with van der Waals surface area (Å²) in [6.45, 7) is 8.81. The van der Waals surface area contributed by atoms with Crippen LogP contribution in [-0.4, -0.2) is 34.9 Å². The smallest absolute Gasteiger partial charge is 0.323 e. The van der Waals surface area contributed by atoms with E-state index < -0.39 is 11.5 Å². The molecule has 0 radical (unpaired) electrons. The molecule has 0 saturated heterocycles. The lowest BCUT2D eigenvalue weighted by Crippen LogP contribution is -2.52. The first-order valence-corrected chi connectivity index (χ1v) is 7.50. The van der Waals surface area contributed by atoms with Crippen LogP contribution < -0.4 is 5.32 Å². The molecule has 4 nitrogen and oxygen atoms in total. The van der Waals surface area contributed by atoms with E-state index in [1.165, 1.54) is 0 Å². The number of carboxylic acids is 1. The van der Waals surface area contributed by atoms with Crippen molar-refractivity contribution in [2.75, 3.05) is 6.61 Å². The minimum absolute atomic E-state index is 0.109. The van der Waals surface area contributed by atoms with Crippen LogP contribution in [0.1, 0.15) is 66.2 Å². The van der Waals surface area contributed by atoms with Crippen molar-refractivity contribution in [1.82, 2.24) is 5.32 Å². The lowest BCUT2D eigenvalue weighted by Gasteiger charge is -2.30. The molecule has 0 heterocycles. The van der Waals surface area contributed by atoms with Gasteiger partial charge in [-0.25, -0.2) is 0 Å². The molecule has 112 valence electrons. The zero-order valence-electron chi connectivity index (χ0n) is 12.8. The van der Waals surface area contributed by atoms with Crippen molar-refractivity contribution >= 4 is 5.97 Å². The molecular weight excluding hydrogens is 242 g/mol. The maximum atomic E-state index is 11.6. The first-order chi connectivity index (χ1) is 8.85. The average Bonchev–Trinajstić information content (AvgIpc) is 3.16. The van der Waals surface area contributed by atoms with Crippen molar-refractivity contribution in [1.29, 1.82) is 0 Å². The molecule has 1 aliphatic rings. The van der Waals surface area contributed by atoms with Gasteiger partial charge in [0, 0.05) is 12.6 Å². The van der Waals surface area contributed by atoms with E-state index in [9.17, 15) is 9.90 Å². The lowest BCUT2D eigenvalue weighted by atomic mass is 9.90. The number of hydrogen-bond acceptors (Lipinski definition) is 3. The molecule has 2 N–H and O–H groups in total. The summed E-state index contributed by atoms with van der Waals surface area (Å²) in [6, 6.07) is 0.407. The largest absolute Gasteiger partial charge is 0.480 e. The highest BCUT2D eigenvalue weighted by Crippen LogP contribution is 2.27. The van der Waals surface area contributed by atoms with Crippen molar-refractivity contribution in [3.63, 3.8) is 0 Å². The van der Waals surface area contributed by atoms with Crippen molar-refractivity contribution < 1.29 is 14.6 Å². The quantitative estimate of drug-likeness (QED) is 0.600. The van der Waals surface area contributed by atoms with Crippen LogP contribution in [0.25, 0.3) is 0 Å². The molecule has 4 heteroatoms. The van der Waals surface area contributed by atoms with E-state index in [4.69, 9.17) is 4.74 Å². The van der Waals surface area contributed by atoms with Gasteiger partial charge in [0.15, 0.2) is 0 Å². The molecule has 1 rings (SSSR count). The fourth-order valence-electron chi connectivity index (χ4n) is 2.11. The van der Waals surface area contributed by atoms with Crippen LogP contribution in [0.3, 0.4) is 0 Å². The first kappa shape index (κ1) is 16.4. The summed E-state index contributed by atoms with van der Waals surface area (Å²) in [5, 5.41) is 12.8. The summed E-state index contributed by atoms with van der Waals surface area (Å²) < 4.78 is 5.80. The van der Waals surface area contributed by atoms with Crippen molar-refractivity contribution in [3.05, 3.63) is 0 Å². The Morgan fingerprint density at radius 1 is 1.32 bits per heavy atom. The van der Waals surface area contributed by atoms with E-state index in [-0.39, 0.29) is 5.60 Å². The van der Waals surface area contributed by atoms with Gasteiger partial charge in [0.2, 0.25) is 0 Å². The molecule has 0 aromatic carbocycles. The minimum atomic E-state index is -0.763. The van der Waals surface area contributed by atoms with Crippen LogP contribution in [0.2, 0.25) is 0 Å². The summed E-state index contributed by atoms with van der Waals surface area (Å²) in [5.74, 6) is -0.725. The predicted octanol–water partition coefficient (Wildman–Crippen LogP) is 2.96. The highest BCUT2D eigenvalue weighted by atomic mass is 16.5. The van der Waals surface area contributed by atoms with Crippen LogP contribution in [0.4, 0.5) is 0 Å². The summed E-state index contributed by atoms with van der Waals surface area (Å²) in [7, 11) is 0. The maximum absolute atomic E-state index is 11.6. The maximum Gasteiger partial charge on any atom is 0.323 e. The second kappa shape index (κ2) is 6.71. The van der Waals surface area contributed by atoms with Crippen LogP contribution in [-0.2, 0) is 9.53 Å². The monoisotopic (exact) mass is 271 g/mol. The molecule has 0 bridgehead atoms. The zero-order chi connectivity index (χ0) is 14.5. The van der Waals surface area contributed by atoms with Gasteiger partial charge in [-0.3, -0.25) is 10.1 Å². The van der Waals surface area contributed by atoms with Gasteiger partial charge in [0.1, 0.15) is 5.54 Å². The number of hydrogen-bond donors (Lipinski definition) is 2. The number of aliphatic carboxylic acids is 1. The number of ether oxygens (including phenoxy) is 1. The van der Waals surface area contributed by atoms with Crippen LogP contribution >= 0.6 is 0 Å². The number of carbonyl (C=O) groups is 1. The third kappa shape index (κ3) is 5.11. The van der Waals surface area contributed by atoms with Gasteiger partial charge in [-0.05, 0) is 52.4 Å². The predicted molar refractivity (Wildman–Crippen MR) is 76.4 cm³/mol. The molecule has 0 aromatic heterocycles. The van der Waals surface area contributed by atoms with E-state index in [2.05, 4.69) is 26.1 Å². The zero-order valence-corrected chi connectivity index (χ0v) is 12.8. The molecule has 0 spiro atoms. The molecule has 0 aromatic rings. The van der Waals surface area contributed by atoms with E-state index in [0.717, 1.165) is 25.7 Å². The molecule has 1 unspecified atom stereocenters. The van der Waals surface area contributed by atoms with Crippen molar-refractivity contribution in [2.24, 2.45) is 0 Å². The van der Waals surface area contributed by atoms with E-state index in [1.807, 2.05) is 6.92 Å². The average molecular weight is 271 g/mol. The molecule has 1 aliphatic carbocycles. The van der Waals surface area contributed by atoms with Gasteiger partial charge in [0.25, 0.3) is 0 Å². The third-order valence-corrected chi connectivity index (χ3v) is 4.16. The molecule has 1 fully saturated rings. The van der Waals surface area contributed by atoms with Crippen LogP contribution in [0, 0.1) is 0 Å². The molecule has 19 heavy (non-hydrogen) atoms. The van der Waals surface area contributed by atoms with E-state index in [0.29, 0.717) is 25.5 Å². The van der Waals surface area contributed by atoms with E-state index >= 15 is 0 Å². The fourth-order valence-corrected chi connectivity index (χ4v) is 2.11. The Hall–Kier alpha value is -0.610. The second-order valence-electron chi connectivity index (χ2n) is 6.22. The molecule has 0 aliphatic heterocycles. The summed E-state index contributed by atoms with van der Waals surface area (Å²) in [4.78, 5) is 11.6. The Kier molecular flexibility index (Phi) is 5.81. The first-order valence-electron chi connectivity index (χ1n) is 7.50. The second-order valence-corrected chi connectivity index (χ2v) is 6.22. The van der Waals surface area contributed by atoms with Crippen LogP contribution in [0.15, 0.2) is 0 Å². The summed E-state index contributed by atoms with van der Waals surface area (Å²) in [6.07, 6.45) is 5.21. The fraction of sp³-hybridized carbons (Fsp3) is 0.933.